The molecule has 0 aliphatic heterocycles. The van der Waals surface area contributed by atoms with Crippen LogP contribution < -0.4 is 11.1 Å². The number of rotatable bonds is 3. The van der Waals surface area contributed by atoms with E-state index in [1.54, 1.807) is 18.3 Å². The molecule has 4 heteroatoms. The van der Waals surface area contributed by atoms with Gasteiger partial charge < -0.3 is 11.1 Å². The molecule has 0 unspecified atom stereocenters. The fourth-order valence-electron chi connectivity index (χ4n) is 0.773. The number of amides is 1. The summed E-state index contributed by atoms with van der Waals surface area (Å²) < 4.78 is 0. The van der Waals surface area contributed by atoms with Crippen molar-refractivity contribution in [2.24, 2.45) is 5.73 Å². The highest BCUT2D eigenvalue weighted by Crippen LogP contribution is 1.99. The summed E-state index contributed by atoms with van der Waals surface area (Å²) in [6.07, 6.45) is 1.95. The van der Waals surface area contributed by atoms with Gasteiger partial charge in [0.15, 0.2) is 0 Å². The molecule has 1 rings (SSSR count). The highest BCUT2D eigenvalue weighted by molar-refractivity contribution is 5.89. The molecule has 0 saturated carbocycles. The summed E-state index contributed by atoms with van der Waals surface area (Å²) in [6.45, 7) is 0.360. The van der Waals surface area contributed by atoms with Gasteiger partial charge in [0.1, 0.15) is 5.82 Å². The summed E-state index contributed by atoms with van der Waals surface area (Å²) in [6, 6.07) is 5.33. The molecule has 0 aliphatic rings. The van der Waals surface area contributed by atoms with E-state index in [0.717, 1.165) is 0 Å². The molecule has 0 bridgehead atoms. The number of aromatic nitrogens is 1. The Morgan fingerprint density at radius 1 is 1.58 bits per heavy atom. The minimum atomic E-state index is -0.101. The van der Waals surface area contributed by atoms with Crippen molar-refractivity contribution in [3.63, 3.8) is 0 Å². The molecule has 0 spiro atoms. The lowest BCUT2D eigenvalue weighted by Crippen LogP contribution is -2.16. The fourth-order valence-corrected chi connectivity index (χ4v) is 0.773. The number of carbonyl (C=O) groups excluding carboxylic acids is 1. The first-order chi connectivity index (χ1) is 5.83. The van der Waals surface area contributed by atoms with Crippen molar-refractivity contribution in [2.75, 3.05) is 11.9 Å². The maximum atomic E-state index is 11.0. The second-order valence-corrected chi connectivity index (χ2v) is 2.30. The topological polar surface area (TPSA) is 68.0 Å². The minimum absolute atomic E-state index is 0.101. The van der Waals surface area contributed by atoms with E-state index in [0.29, 0.717) is 18.8 Å². The molecule has 0 radical (unpaired) electrons. The third kappa shape index (κ3) is 2.67. The second-order valence-electron chi connectivity index (χ2n) is 2.30. The smallest absolute Gasteiger partial charge is 0.226 e. The van der Waals surface area contributed by atoms with E-state index in [1.807, 2.05) is 6.07 Å². The molecule has 0 atom stereocenters. The van der Waals surface area contributed by atoms with Crippen LogP contribution in [0.1, 0.15) is 6.42 Å². The highest BCUT2D eigenvalue weighted by Gasteiger charge is 1.99. The van der Waals surface area contributed by atoms with Gasteiger partial charge in [-0.25, -0.2) is 4.98 Å². The van der Waals surface area contributed by atoms with Crippen molar-refractivity contribution in [1.82, 2.24) is 4.98 Å². The molecule has 0 fully saturated rings. The van der Waals surface area contributed by atoms with Crippen LogP contribution in [0.25, 0.3) is 0 Å². The molecule has 3 N–H and O–H groups in total. The molecular formula is C8H11N3O. The van der Waals surface area contributed by atoms with Crippen molar-refractivity contribution < 1.29 is 4.79 Å². The fraction of sp³-hybridized carbons (Fsp3) is 0.250. The molecule has 0 saturated heterocycles. The van der Waals surface area contributed by atoms with Crippen molar-refractivity contribution in [3.05, 3.63) is 24.4 Å². The van der Waals surface area contributed by atoms with Crippen LogP contribution in [0, 0.1) is 0 Å². The SMILES string of the molecule is NCCC(=O)Nc1ccccn1. The number of hydrogen-bond donors (Lipinski definition) is 2. The number of pyridine rings is 1. The third-order valence-electron chi connectivity index (χ3n) is 1.30. The first kappa shape index (κ1) is 8.67. The standard InChI is InChI=1S/C8H11N3O/c9-5-4-8(12)11-7-3-1-2-6-10-7/h1-3,6H,4-5,9H2,(H,10,11,12). The number of nitrogens with one attached hydrogen (secondary N) is 1. The first-order valence-electron chi connectivity index (χ1n) is 3.74. The molecule has 64 valence electrons. The van der Waals surface area contributed by atoms with Crippen LogP contribution in [-0.2, 0) is 4.79 Å². The highest BCUT2D eigenvalue weighted by atomic mass is 16.1. The van der Waals surface area contributed by atoms with Gasteiger partial charge in [-0.3, -0.25) is 4.79 Å². The Hall–Kier alpha value is -1.42. The van der Waals surface area contributed by atoms with Gasteiger partial charge in [0.2, 0.25) is 5.91 Å². The third-order valence-corrected chi connectivity index (χ3v) is 1.30. The Kier molecular flexibility index (Phi) is 3.22. The van der Waals surface area contributed by atoms with E-state index in [4.69, 9.17) is 5.73 Å². The molecular weight excluding hydrogens is 154 g/mol. The lowest BCUT2D eigenvalue weighted by atomic mass is 10.4. The summed E-state index contributed by atoms with van der Waals surface area (Å²) in [5, 5.41) is 2.61. The molecule has 1 heterocycles. The minimum Gasteiger partial charge on any atom is -0.330 e. The number of anilines is 1. The zero-order valence-corrected chi connectivity index (χ0v) is 6.66. The summed E-state index contributed by atoms with van der Waals surface area (Å²) in [4.78, 5) is 14.9. The average Bonchev–Trinajstić information content (AvgIpc) is 2.06. The van der Waals surface area contributed by atoms with Crippen molar-refractivity contribution in [2.45, 2.75) is 6.42 Å². The Bertz CT molecular complexity index is 248. The summed E-state index contributed by atoms with van der Waals surface area (Å²) in [5.41, 5.74) is 5.20. The van der Waals surface area contributed by atoms with E-state index in [-0.39, 0.29) is 5.91 Å². The van der Waals surface area contributed by atoms with Crippen LogP contribution >= 0.6 is 0 Å². The molecule has 1 amide bonds. The van der Waals surface area contributed by atoms with Gasteiger partial charge >= 0.3 is 0 Å². The maximum Gasteiger partial charge on any atom is 0.226 e. The van der Waals surface area contributed by atoms with Gasteiger partial charge in [0, 0.05) is 19.2 Å². The normalized spacial score (nSPS) is 9.42. The van der Waals surface area contributed by atoms with Crippen LogP contribution in [0.2, 0.25) is 0 Å². The van der Waals surface area contributed by atoms with E-state index in [1.165, 1.54) is 0 Å². The predicted molar refractivity (Wildman–Crippen MR) is 46.5 cm³/mol. The molecule has 0 aliphatic carbocycles. The lowest BCUT2D eigenvalue weighted by molar-refractivity contribution is -0.116. The van der Waals surface area contributed by atoms with Gasteiger partial charge in [0.25, 0.3) is 0 Å². The molecule has 0 aromatic carbocycles. The van der Waals surface area contributed by atoms with Crippen molar-refractivity contribution in [1.29, 1.82) is 0 Å². The molecule has 1 aromatic rings. The molecule has 4 nitrogen and oxygen atoms in total. The van der Waals surface area contributed by atoms with Gasteiger partial charge in [-0.2, -0.15) is 0 Å². The number of hydrogen-bond acceptors (Lipinski definition) is 3. The second kappa shape index (κ2) is 4.46. The van der Waals surface area contributed by atoms with E-state index in [9.17, 15) is 4.79 Å². The first-order valence-corrected chi connectivity index (χ1v) is 3.74. The molecule has 1 aromatic heterocycles. The Morgan fingerprint density at radius 3 is 3.00 bits per heavy atom. The molecule has 12 heavy (non-hydrogen) atoms. The Morgan fingerprint density at radius 2 is 2.42 bits per heavy atom. The van der Waals surface area contributed by atoms with Crippen molar-refractivity contribution >= 4 is 11.7 Å². The Labute approximate surface area is 70.8 Å². The van der Waals surface area contributed by atoms with Crippen LogP contribution in [0.3, 0.4) is 0 Å². The van der Waals surface area contributed by atoms with Gasteiger partial charge in [-0.05, 0) is 12.1 Å². The predicted octanol–water partition coefficient (Wildman–Crippen LogP) is 0.369. The maximum absolute atomic E-state index is 11.0. The van der Waals surface area contributed by atoms with Crippen LogP contribution in [0.5, 0.6) is 0 Å². The van der Waals surface area contributed by atoms with E-state index >= 15 is 0 Å². The number of nitrogens with zero attached hydrogens (tertiary/aromatic N) is 1. The number of carbonyl (C=O) groups is 1. The van der Waals surface area contributed by atoms with Gasteiger partial charge in [-0.15, -0.1) is 0 Å². The summed E-state index contributed by atoms with van der Waals surface area (Å²) in [7, 11) is 0. The average molecular weight is 165 g/mol. The lowest BCUT2D eigenvalue weighted by Gasteiger charge is -2.01. The van der Waals surface area contributed by atoms with Crippen LogP contribution in [0.15, 0.2) is 24.4 Å². The number of nitrogens with two attached hydrogens (primary N) is 1. The monoisotopic (exact) mass is 165 g/mol. The summed E-state index contributed by atoms with van der Waals surface area (Å²) in [5.74, 6) is 0.465. The van der Waals surface area contributed by atoms with Crippen molar-refractivity contribution in [3.8, 4) is 0 Å². The van der Waals surface area contributed by atoms with Crippen LogP contribution in [-0.4, -0.2) is 17.4 Å². The van der Waals surface area contributed by atoms with E-state index < -0.39 is 0 Å². The quantitative estimate of drug-likeness (QED) is 0.679. The summed E-state index contributed by atoms with van der Waals surface area (Å²) >= 11 is 0. The van der Waals surface area contributed by atoms with Crippen LogP contribution in [0.4, 0.5) is 5.82 Å². The Balaban J connectivity index is 2.47. The largest absolute Gasteiger partial charge is 0.330 e. The van der Waals surface area contributed by atoms with Gasteiger partial charge in [0.05, 0.1) is 0 Å². The van der Waals surface area contributed by atoms with E-state index in [2.05, 4.69) is 10.3 Å². The van der Waals surface area contributed by atoms with Gasteiger partial charge in [-0.1, -0.05) is 6.07 Å². The zero-order valence-electron chi connectivity index (χ0n) is 6.66. The zero-order chi connectivity index (χ0) is 8.81.